The Labute approximate surface area is 142 Å². The minimum absolute atomic E-state index is 0.242. The number of benzene rings is 2. The molecule has 1 aliphatic heterocycles. The van der Waals surface area contributed by atoms with Crippen molar-refractivity contribution in [1.82, 2.24) is 0 Å². The van der Waals surface area contributed by atoms with Crippen molar-refractivity contribution in [2.75, 3.05) is 31.9 Å². The normalized spacial score (nSPS) is 12.6. The summed E-state index contributed by atoms with van der Waals surface area (Å²) in [6, 6.07) is 11.9. The summed E-state index contributed by atoms with van der Waals surface area (Å²) in [6.07, 6.45) is 1.78. The number of anilines is 1. The number of methoxy groups -OCH3 is 1. The van der Waals surface area contributed by atoms with Crippen molar-refractivity contribution in [3.8, 4) is 17.2 Å². The maximum atomic E-state index is 5.41. The van der Waals surface area contributed by atoms with Crippen molar-refractivity contribution in [2.24, 2.45) is 4.99 Å². The van der Waals surface area contributed by atoms with Gasteiger partial charge in [-0.05, 0) is 44.2 Å². The molecule has 24 heavy (non-hydrogen) atoms. The zero-order valence-electron chi connectivity index (χ0n) is 14.3. The van der Waals surface area contributed by atoms with E-state index in [0.29, 0.717) is 17.2 Å². The van der Waals surface area contributed by atoms with Gasteiger partial charge in [-0.1, -0.05) is 0 Å². The number of nitrogens with zero attached hydrogens (tertiary/aromatic N) is 2. The number of fused-ring (bicyclic) bond motifs is 1. The average molecular weight is 326 g/mol. The van der Waals surface area contributed by atoms with Gasteiger partial charge in [-0.2, -0.15) is 0 Å². The van der Waals surface area contributed by atoms with Crippen LogP contribution in [0, 0.1) is 0 Å². The Morgan fingerprint density at radius 2 is 1.75 bits per heavy atom. The van der Waals surface area contributed by atoms with Crippen LogP contribution in [-0.2, 0) is 0 Å². The van der Waals surface area contributed by atoms with E-state index in [2.05, 4.69) is 35.9 Å². The van der Waals surface area contributed by atoms with Crippen LogP contribution in [0.3, 0.4) is 0 Å². The molecule has 2 aromatic carbocycles. The Morgan fingerprint density at radius 3 is 2.38 bits per heavy atom. The predicted molar refractivity (Wildman–Crippen MR) is 96.4 cm³/mol. The van der Waals surface area contributed by atoms with Crippen LogP contribution in [0.5, 0.6) is 17.2 Å². The van der Waals surface area contributed by atoms with Crippen LogP contribution in [0.4, 0.5) is 11.4 Å². The molecule has 0 atom stereocenters. The van der Waals surface area contributed by atoms with Gasteiger partial charge in [-0.3, -0.25) is 4.99 Å². The van der Waals surface area contributed by atoms with Gasteiger partial charge in [-0.25, -0.2) is 0 Å². The van der Waals surface area contributed by atoms with Gasteiger partial charge in [0.1, 0.15) is 5.75 Å². The van der Waals surface area contributed by atoms with Crippen LogP contribution in [0.1, 0.15) is 19.4 Å². The fourth-order valence-corrected chi connectivity index (χ4v) is 2.70. The molecule has 0 spiro atoms. The molecule has 2 aromatic rings. The zero-order valence-corrected chi connectivity index (χ0v) is 14.3. The van der Waals surface area contributed by atoms with Gasteiger partial charge in [-0.15, -0.1) is 0 Å². The van der Waals surface area contributed by atoms with Crippen LogP contribution in [-0.4, -0.2) is 33.2 Å². The lowest BCUT2D eigenvalue weighted by molar-refractivity contribution is 0.174. The van der Waals surface area contributed by atoms with Gasteiger partial charge >= 0.3 is 0 Å². The van der Waals surface area contributed by atoms with Crippen LogP contribution in [0.2, 0.25) is 0 Å². The Kier molecular flexibility index (Phi) is 4.89. The first-order valence-electron chi connectivity index (χ1n) is 8.11. The molecular weight excluding hydrogens is 304 g/mol. The summed E-state index contributed by atoms with van der Waals surface area (Å²) in [7, 11) is 1.63. The lowest BCUT2D eigenvalue weighted by atomic mass is 10.2. The minimum atomic E-state index is 0.242. The number of ether oxygens (including phenoxy) is 3. The molecule has 1 aliphatic rings. The quantitative estimate of drug-likeness (QED) is 0.752. The van der Waals surface area contributed by atoms with E-state index in [1.807, 2.05) is 24.3 Å². The van der Waals surface area contributed by atoms with Crippen molar-refractivity contribution in [1.29, 1.82) is 0 Å². The fourth-order valence-electron chi connectivity index (χ4n) is 2.70. The Morgan fingerprint density at radius 1 is 1.08 bits per heavy atom. The lowest BCUT2D eigenvalue weighted by Crippen LogP contribution is -2.21. The van der Waals surface area contributed by atoms with Gasteiger partial charge < -0.3 is 19.1 Å². The summed E-state index contributed by atoms with van der Waals surface area (Å²) in [4.78, 5) is 6.84. The first kappa shape index (κ1) is 16.2. The molecule has 0 unspecified atom stereocenters. The number of aliphatic imine (C=N–C) groups is 1. The van der Waals surface area contributed by atoms with Gasteiger partial charge in [0.2, 0.25) is 6.79 Å². The molecule has 0 radical (unpaired) electrons. The topological polar surface area (TPSA) is 43.3 Å². The van der Waals surface area contributed by atoms with Crippen molar-refractivity contribution < 1.29 is 14.2 Å². The highest BCUT2D eigenvalue weighted by Crippen LogP contribution is 2.37. The summed E-state index contributed by atoms with van der Waals surface area (Å²) in [5.74, 6) is 2.13. The number of hydrogen-bond donors (Lipinski definition) is 0. The molecule has 0 aliphatic carbocycles. The summed E-state index contributed by atoms with van der Waals surface area (Å²) in [5, 5.41) is 0. The molecule has 0 N–H and O–H groups in total. The van der Waals surface area contributed by atoms with Crippen molar-refractivity contribution in [3.63, 3.8) is 0 Å². The van der Waals surface area contributed by atoms with Crippen molar-refractivity contribution >= 4 is 17.6 Å². The Hall–Kier alpha value is -2.69. The Bertz CT molecular complexity index is 722. The summed E-state index contributed by atoms with van der Waals surface area (Å²) in [5.41, 5.74) is 2.96. The highest BCUT2D eigenvalue weighted by molar-refractivity contribution is 5.87. The van der Waals surface area contributed by atoms with Gasteiger partial charge in [0.15, 0.2) is 11.5 Å². The summed E-state index contributed by atoms with van der Waals surface area (Å²) in [6.45, 7) is 6.54. The summed E-state index contributed by atoms with van der Waals surface area (Å²) >= 11 is 0. The largest absolute Gasteiger partial charge is 0.496 e. The van der Waals surface area contributed by atoms with E-state index in [1.165, 1.54) is 5.69 Å². The first-order valence-corrected chi connectivity index (χ1v) is 8.11. The third-order valence-electron chi connectivity index (χ3n) is 4.06. The third kappa shape index (κ3) is 3.30. The van der Waals surface area contributed by atoms with E-state index < -0.39 is 0 Å². The number of hydrogen-bond acceptors (Lipinski definition) is 5. The van der Waals surface area contributed by atoms with Crippen LogP contribution < -0.4 is 19.1 Å². The lowest BCUT2D eigenvalue weighted by Gasteiger charge is -2.20. The van der Waals surface area contributed by atoms with Crippen LogP contribution in [0.15, 0.2) is 41.4 Å². The molecule has 5 heteroatoms. The predicted octanol–water partition coefficient (Wildman–Crippen LogP) is 4.02. The van der Waals surface area contributed by atoms with E-state index in [-0.39, 0.29) is 6.79 Å². The number of rotatable bonds is 6. The molecule has 1 heterocycles. The molecule has 5 nitrogen and oxygen atoms in total. The second-order valence-electron chi connectivity index (χ2n) is 5.39. The van der Waals surface area contributed by atoms with Gasteiger partial charge in [0.25, 0.3) is 0 Å². The maximum Gasteiger partial charge on any atom is 0.231 e. The zero-order chi connectivity index (χ0) is 16.9. The second kappa shape index (κ2) is 7.25. The van der Waals surface area contributed by atoms with Crippen LogP contribution in [0.25, 0.3) is 0 Å². The van der Waals surface area contributed by atoms with Gasteiger partial charge in [0, 0.05) is 36.6 Å². The molecule has 3 rings (SSSR count). The SMILES string of the molecule is CCN(CC)c1ccc(N=Cc2cc3c(cc2OC)OCO3)cc1. The molecule has 126 valence electrons. The summed E-state index contributed by atoms with van der Waals surface area (Å²) < 4.78 is 16.2. The molecule has 0 aromatic heterocycles. The fraction of sp³-hybridized carbons (Fsp3) is 0.316. The van der Waals surface area contributed by atoms with Crippen LogP contribution >= 0.6 is 0 Å². The van der Waals surface area contributed by atoms with E-state index >= 15 is 0 Å². The minimum Gasteiger partial charge on any atom is -0.496 e. The smallest absolute Gasteiger partial charge is 0.231 e. The van der Waals surface area contributed by atoms with Gasteiger partial charge in [0.05, 0.1) is 12.8 Å². The molecule has 0 saturated carbocycles. The molecule has 0 bridgehead atoms. The van der Waals surface area contributed by atoms with Crippen molar-refractivity contribution in [2.45, 2.75) is 13.8 Å². The molecule has 0 saturated heterocycles. The van der Waals surface area contributed by atoms with E-state index in [1.54, 1.807) is 13.3 Å². The first-order chi connectivity index (χ1) is 11.7. The van der Waals surface area contributed by atoms with E-state index in [4.69, 9.17) is 14.2 Å². The third-order valence-corrected chi connectivity index (χ3v) is 4.06. The molecule has 0 amide bonds. The monoisotopic (exact) mass is 326 g/mol. The molecule has 0 fully saturated rings. The second-order valence-corrected chi connectivity index (χ2v) is 5.39. The highest BCUT2D eigenvalue weighted by atomic mass is 16.7. The maximum absolute atomic E-state index is 5.41. The standard InChI is InChI=1S/C19H22N2O3/c1-4-21(5-2)16-8-6-15(7-9-16)20-12-14-10-18-19(24-13-23-18)11-17(14)22-3/h6-12H,4-5,13H2,1-3H3. The average Bonchev–Trinajstić information content (AvgIpc) is 3.08. The highest BCUT2D eigenvalue weighted by Gasteiger charge is 2.16. The molecular formula is C19H22N2O3. The Balaban J connectivity index is 1.81. The van der Waals surface area contributed by atoms with E-state index in [9.17, 15) is 0 Å². The van der Waals surface area contributed by atoms with E-state index in [0.717, 1.165) is 24.3 Å². The van der Waals surface area contributed by atoms with Crippen molar-refractivity contribution in [3.05, 3.63) is 42.0 Å².